The van der Waals surface area contributed by atoms with Crippen LogP contribution >= 0.6 is 0 Å². The van der Waals surface area contributed by atoms with Gasteiger partial charge in [-0.3, -0.25) is 29.4 Å². The number of fused-ring (bicyclic) bond motifs is 1. The van der Waals surface area contributed by atoms with Crippen molar-refractivity contribution >= 4 is 23.5 Å². The molecule has 0 atom stereocenters. The third kappa shape index (κ3) is 3.09. The molecular formula is C17H12N2O6. The smallest absolute Gasteiger partial charge is 0.326 e. The van der Waals surface area contributed by atoms with Crippen molar-refractivity contribution in [3.8, 4) is 0 Å². The molecule has 0 unspecified atom stereocenters. The molecule has 0 aliphatic carbocycles. The lowest BCUT2D eigenvalue weighted by molar-refractivity contribution is -0.385. The average molecular weight is 340 g/mol. The Hall–Kier alpha value is -3.55. The number of hydrogen-bond acceptors (Lipinski definition) is 6. The maximum Gasteiger partial charge on any atom is 0.326 e. The molecule has 25 heavy (non-hydrogen) atoms. The van der Waals surface area contributed by atoms with Gasteiger partial charge >= 0.3 is 5.97 Å². The quantitative estimate of drug-likeness (QED) is 0.356. The molecule has 2 amide bonds. The van der Waals surface area contributed by atoms with E-state index < -0.39 is 34.9 Å². The Bertz CT molecular complexity index is 878. The maximum absolute atomic E-state index is 12.3. The van der Waals surface area contributed by atoms with Crippen LogP contribution in [0, 0.1) is 10.1 Å². The fourth-order valence-electron chi connectivity index (χ4n) is 2.52. The molecule has 8 nitrogen and oxygen atoms in total. The van der Waals surface area contributed by atoms with E-state index in [0.717, 1.165) is 11.6 Å². The van der Waals surface area contributed by atoms with Gasteiger partial charge in [-0.1, -0.05) is 36.4 Å². The lowest BCUT2D eigenvalue weighted by atomic mass is 10.1. The molecule has 0 saturated heterocycles. The second kappa shape index (κ2) is 6.52. The van der Waals surface area contributed by atoms with Gasteiger partial charge in [0.2, 0.25) is 0 Å². The molecule has 0 spiro atoms. The lowest BCUT2D eigenvalue weighted by Gasteiger charge is -2.13. The van der Waals surface area contributed by atoms with Crippen LogP contribution in [-0.2, 0) is 16.1 Å². The zero-order valence-electron chi connectivity index (χ0n) is 12.9. The molecule has 1 aliphatic heterocycles. The summed E-state index contributed by atoms with van der Waals surface area (Å²) in [5.74, 6) is -2.40. The van der Waals surface area contributed by atoms with Crippen molar-refractivity contribution in [3.05, 3.63) is 75.3 Å². The third-order valence-corrected chi connectivity index (χ3v) is 3.70. The number of rotatable bonds is 5. The average Bonchev–Trinajstić information content (AvgIpc) is 2.86. The highest BCUT2D eigenvalue weighted by Crippen LogP contribution is 2.30. The van der Waals surface area contributed by atoms with Crippen LogP contribution in [0.2, 0.25) is 0 Å². The lowest BCUT2D eigenvalue weighted by Crippen LogP contribution is -2.35. The minimum atomic E-state index is -0.871. The number of esters is 1. The van der Waals surface area contributed by atoms with Gasteiger partial charge in [0, 0.05) is 6.07 Å². The molecule has 0 fully saturated rings. The van der Waals surface area contributed by atoms with Crippen molar-refractivity contribution in [1.29, 1.82) is 0 Å². The van der Waals surface area contributed by atoms with Gasteiger partial charge in [0.25, 0.3) is 17.5 Å². The number of imide groups is 1. The summed E-state index contributed by atoms with van der Waals surface area (Å²) in [6.07, 6.45) is 0. The second-order valence-corrected chi connectivity index (χ2v) is 5.30. The summed E-state index contributed by atoms with van der Waals surface area (Å²) < 4.78 is 5.04. The van der Waals surface area contributed by atoms with Gasteiger partial charge in [-0.15, -0.1) is 0 Å². The number of benzene rings is 2. The van der Waals surface area contributed by atoms with Crippen molar-refractivity contribution in [2.75, 3.05) is 6.54 Å². The molecule has 2 aromatic carbocycles. The molecule has 0 bridgehead atoms. The van der Waals surface area contributed by atoms with E-state index in [4.69, 9.17) is 4.74 Å². The van der Waals surface area contributed by atoms with E-state index in [1.807, 2.05) is 6.07 Å². The third-order valence-electron chi connectivity index (χ3n) is 3.70. The second-order valence-electron chi connectivity index (χ2n) is 5.30. The van der Waals surface area contributed by atoms with Crippen LogP contribution in [0.25, 0.3) is 0 Å². The zero-order chi connectivity index (χ0) is 18.0. The maximum atomic E-state index is 12.3. The molecule has 126 valence electrons. The minimum absolute atomic E-state index is 0.00297. The highest BCUT2D eigenvalue weighted by atomic mass is 16.6. The van der Waals surface area contributed by atoms with E-state index in [2.05, 4.69) is 0 Å². The predicted octanol–water partition coefficient (Wildman–Crippen LogP) is 1.93. The zero-order valence-corrected chi connectivity index (χ0v) is 12.9. The van der Waals surface area contributed by atoms with Gasteiger partial charge < -0.3 is 4.74 Å². The van der Waals surface area contributed by atoms with E-state index in [9.17, 15) is 24.5 Å². The van der Waals surface area contributed by atoms with Crippen LogP contribution in [-0.4, -0.2) is 34.2 Å². The normalized spacial score (nSPS) is 12.9. The predicted molar refractivity (Wildman–Crippen MR) is 84.7 cm³/mol. The SMILES string of the molecule is O=C(CN1C(=O)c2cccc([N+](=O)[O-])c2C1=O)OCc1ccccc1. The Labute approximate surface area is 141 Å². The van der Waals surface area contributed by atoms with Crippen LogP contribution in [0.3, 0.4) is 0 Å². The highest BCUT2D eigenvalue weighted by molar-refractivity contribution is 6.24. The number of carbonyl (C=O) groups excluding carboxylic acids is 3. The molecule has 2 aromatic rings. The Morgan fingerprint density at radius 2 is 1.76 bits per heavy atom. The Kier molecular flexibility index (Phi) is 4.25. The largest absolute Gasteiger partial charge is 0.459 e. The van der Waals surface area contributed by atoms with Gasteiger partial charge in [-0.2, -0.15) is 0 Å². The summed E-state index contributed by atoms with van der Waals surface area (Å²) in [4.78, 5) is 47.5. The molecule has 0 saturated carbocycles. The summed E-state index contributed by atoms with van der Waals surface area (Å²) in [6, 6.07) is 12.7. The van der Waals surface area contributed by atoms with Crippen molar-refractivity contribution in [2.24, 2.45) is 0 Å². The number of nitro benzene ring substituents is 1. The van der Waals surface area contributed by atoms with E-state index in [0.29, 0.717) is 4.90 Å². The van der Waals surface area contributed by atoms with Crippen molar-refractivity contribution in [2.45, 2.75) is 6.61 Å². The van der Waals surface area contributed by atoms with Crippen LogP contribution < -0.4 is 0 Å². The molecule has 1 aliphatic rings. The van der Waals surface area contributed by atoms with Crippen molar-refractivity contribution < 1.29 is 24.0 Å². The van der Waals surface area contributed by atoms with Crippen molar-refractivity contribution in [3.63, 3.8) is 0 Å². The van der Waals surface area contributed by atoms with Crippen LogP contribution in [0.5, 0.6) is 0 Å². The molecule has 1 heterocycles. The number of amides is 2. The van der Waals surface area contributed by atoms with E-state index in [1.165, 1.54) is 12.1 Å². The fraction of sp³-hybridized carbons (Fsp3) is 0.118. The summed E-state index contributed by atoms with van der Waals surface area (Å²) in [7, 11) is 0. The molecular weight excluding hydrogens is 328 g/mol. The van der Waals surface area contributed by atoms with Gasteiger partial charge in [0.15, 0.2) is 0 Å². The first kappa shape index (κ1) is 16.3. The first-order chi connectivity index (χ1) is 12.0. The molecule has 3 rings (SSSR count). The van der Waals surface area contributed by atoms with E-state index >= 15 is 0 Å². The number of hydrogen-bond donors (Lipinski definition) is 0. The standard InChI is InChI=1S/C17H12N2O6/c20-14(25-10-11-5-2-1-3-6-11)9-18-16(21)12-7-4-8-13(19(23)24)15(12)17(18)22/h1-8H,9-10H2. The summed E-state index contributed by atoms with van der Waals surface area (Å²) >= 11 is 0. The van der Waals surface area contributed by atoms with Gasteiger partial charge in [-0.25, -0.2) is 0 Å². The monoisotopic (exact) mass is 340 g/mol. The number of nitrogens with zero attached hydrogens (tertiary/aromatic N) is 2. The number of nitro groups is 1. The first-order valence-electron chi connectivity index (χ1n) is 7.32. The van der Waals surface area contributed by atoms with Gasteiger partial charge in [-0.05, 0) is 11.6 Å². The summed E-state index contributed by atoms with van der Waals surface area (Å²) in [5, 5.41) is 11.0. The Morgan fingerprint density at radius 3 is 2.44 bits per heavy atom. The molecule has 0 radical (unpaired) electrons. The topological polar surface area (TPSA) is 107 Å². The van der Waals surface area contributed by atoms with Crippen LogP contribution in [0.1, 0.15) is 26.3 Å². The molecule has 0 N–H and O–H groups in total. The highest BCUT2D eigenvalue weighted by Gasteiger charge is 2.41. The van der Waals surface area contributed by atoms with Crippen LogP contribution in [0.15, 0.2) is 48.5 Å². The van der Waals surface area contributed by atoms with Crippen molar-refractivity contribution in [1.82, 2.24) is 4.90 Å². The minimum Gasteiger partial charge on any atom is -0.459 e. The number of ether oxygens (including phenoxy) is 1. The first-order valence-corrected chi connectivity index (χ1v) is 7.32. The Balaban J connectivity index is 1.73. The van der Waals surface area contributed by atoms with E-state index in [1.54, 1.807) is 24.3 Å². The van der Waals surface area contributed by atoms with Crippen LogP contribution in [0.4, 0.5) is 5.69 Å². The summed E-state index contributed by atoms with van der Waals surface area (Å²) in [6.45, 7) is -0.598. The van der Waals surface area contributed by atoms with E-state index in [-0.39, 0.29) is 17.7 Å². The summed E-state index contributed by atoms with van der Waals surface area (Å²) in [5.41, 5.74) is -0.0896. The Morgan fingerprint density at radius 1 is 1.04 bits per heavy atom. The fourth-order valence-corrected chi connectivity index (χ4v) is 2.52. The van der Waals surface area contributed by atoms with Gasteiger partial charge in [0.1, 0.15) is 18.7 Å². The molecule has 8 heteroatoms. The number of carbonyl (C=O) groups is 3. The van der Waals surface area contributed by atoms with Gasteiger partial charge in [0.05, 0.1) is 10.5 Å². The molecule has 0 aromatic heterocycles.